The molecule has 1 aliphatic rings. The number of rotatable bonds is 8. The van der Waals surface area contributed by atoms with Crippen LogP contribution < -0.4 is 16.0 Å². The van der Waals surface area contributed by atoms with Crippen LogP contribution in [-0.2, 0) is 33.5 Å². The summed E-state index contributed by atoms with van der Waals surface area (Å²) in [6, 6.07) is 10.4. The fourth-order valence-corrected chi connectivity index (χ4v) is 3.02. The van der Waals surface area contributed by atoms with Crippen LogP contribution in [0.3, 0.4) is 0 Å². The first-order valence-corrected chi connectivity index (χ1v) is 9.42. The molecule has 0 aliphatic carbocycles. The van der Waals surface area contributed by atoms with E-state index >= 15 is 0 Å². The zero-order chi connectivity index (χ0) is 22.6. The van der Waals surface area contributed by atoms with Crippen molar-refractivity contribution in [1.29, 1.82) is 0 Å². The van der Waals surface area contributed by atoms with Gasteiger partial charge in [0.2, 0.25) is 11.8 Å². The Morgan fingerprint density at radius 1 is 0.969 bits per heavy atom. The predicted octanol–water partition coefficient (Wildman–Crippen LogP) is 0.826. The number of amides is 2. The van der Waals surface area contributed by atoms with Crippen LogP contribution in [0.15, 0.2) is 54.6 Å². The number of hydrogen-bond acceptors (Lipinski definition) is 4. The van der Waals surface area contributed by atoms with Gasteiger partial charge in [-0.1, -0.05) is 42.5 Å². The van der Waals surface area contributed by atoms with Crippen LogP contribution in [0.4, 0.5) is 13.2 Å². The molecule has 1 heterocycles. The minimum absolute atomic E-state index is 0. The fraction of sp³-hybridized carbons (Fsp3) is 0.286. The van der Waals surface area contributed by atoms with E-state index in [2.05, 4.69) is 16.0 Å². The Labute approximate surface area is 204 Å². The summed E-state index contributed by atoms with van der Waals surface area (Å²) in [6.45, 7) is -0.0302. The van der Waals surface area contributed by atoms with Crippen molar-refractivity contribution in [1.82, 2.24) is 16.0 Å². The van der Waals surface area contributed by atoms with Gasteiger partial charge in [-0.2, -0.15) is 13.2 Å². The van der Waals surface area contributed by atoms with Crippen molar-refractivity contribution in [2.45, 2.75) is 37.3 Å². The third-order valence-corrected chi connectivity index (χ3v) is 4.80. The first-order chi connectivity index (χ1) is 14.6. The van der Waals surface area contributed by atoms with Crippen molar-refractivity contribution in [3.8, 4) is 0 Å². The molecule has 0 bridgehead atoms. The average Bonchev–Trinajstić information content (AvgIpc) is 3.53. The molecule has 4 N–H and O–H groups in total. The number of carbonyl (C=O) groups excluding carboxylic acids is 2. The molecule has 1 saturated heterocycles. The molecule has 0 radical (unpaired) electrons. The van der Waals surface area contributed by atoms with Gasteiger partial charge in [0.05, 0.1) is 5.56 Å². The molecule has 2 aromatic carbocycles. The number of alkyl halides is 3. The molecule has 32 heavy (non-hydrogen) atoms. The summed E-state index contributed by atoms with van der Waals surface area (Å²) in [4.78, 5) is 35.9. The van der Waals surface area contributed by atoms with Gasteiger partial charge in [0.25, 0.3) is 0 Å². The van der Waals surface area contributed by atoms with E-state index in [-0.39, 0.29) is 42.5 Å². The van der Waals surface area contributed by atoms with E-state index in [1.54, 1.807) is 30.3 Å². The van der Waals surface area contributed by atoms with Crippen LogP contribution in [0, 0.1) is 0 Å². The Kier molecular flexibility index (Phi) is 8.85. The molecular weight excluding hydrogens is 438 g/mol. The summed E-state index contributed by atoms with van der Waals surface area (Å²) < 4.78 is 38.0. The maximum absolute atomic E-state index is 12.7. The van der Waals surface area contributed by atoms with Crippen LogP contribution in [0.2, 0.25) is 0 Å². The average molecular weight is 459 g/mol. The molecule has 2 amide bonds. The second kappa shape index (κ2) is 11.0. The van der Waals surface area contributed by atoms with Crippen LogP contribution in [0.5, 0.6) is 0 Å². The standard InChI is InChI=1S/C21H20F3N3O4.Na.H/c22-21(23,24)14-8-6-13(7-9-14)11-25-18(28)15(10-12-4-2-1-3-5-12)26-19(29)16-17(27-16)20(30)31;;/h1-9,15-17,27H,10-11H2,(H,25,28)(H,26,29)(H,30,31);;/t15-,16-,17-;;/m0../s1. The second-order valence-electron chi connectivity index (χ2n) is 7.12. The van der Waals surface area contributed by atoms with Crippen molar-refractivity contribution >= 4 is 47.3 Å². The molecule has 7 nitrogen and oxygen atoms in total. The van der Waals surface area contributed by atoms with Crippen LogP contribution in [0.1, 0.15) is 16.7 Å². The van der Waals surface area contributed by atoms with Gasteiger partial charge in [0.1, 0.15) is 18.1 Å². The van der Waals surface area contributed by atoms with Crippen molar-refractivity contribution in [2.75, 3.05) is 0 Å². The molecule has 0 spiro atoms. The van der Waals surface area contributed by atoms with Gasteiger partial charge in [-0.05, 0) is 23.3 Å². The maximum atomic E-state index is 12.7. The van der Waals surface area contributed by atoms with Crippen LogP contribution >= 0.6 is 0 Å². The van der Waals surface area contributed by atoms with Gasteiger partial charge < -0.3 is 15.7 Å². The molecule has 0 saturated carbocycles. The SMILES string of the molecule is O=C(NCc1ccc(C(F)(F)F)cc1)[C@H](Cc1ccccc1)NC(=O)[C@H]1N[C@@H]1C(=O)O.[NaH]. The third-order valence-electron chi connectivity index (χ3n) is 4.80. The van der Waals surface area contributed by atoms with Crippen molar-refractivity contribution < 1.29 is 32.7 Å². The number of aliphatic carboxylic acids is 1. The van der Waals surface area contributed by atoms with Gasteiger partial charge in [-0.3, -0.25) is 19.7 Å². The minimum atomic E-state index is -4.45. The van der Waals surface area contributed by atoms with Gasteiger partial charge in [-0.25, -0.2) is 0 Å². The van der Waals surface area contributed by atoms with E-state index in [1.165, 1.54) is 12.1 Å². The number of carboxylic acid groups (broad SMARTS) is 1. The molecule has 3 rings (SSSR count). The van der Waals surface area contributed by atoms with Gasteiger partial charge >= 0.3 is 41.7 Å². The fourth-order valence-electron chi connectivity index (χ4n) is 3.02. The first kappa shape index (κ1) is 25.9. The van der Waals surface area contributed by atoms with Gasteiger partial charge in [0, 0.05) is 13.0 Å². The van der Waals surface area contributed by atoms with E-state index in [0.717, 1.165) is 17.7 Å². The summed E-state index contributed by atoms with van der Waals surface area (Å²) in [6.07, 6.45) is -4.28. The predicted molar refractivity (Wildman–Crippen MR) is 111 cm³/mol. The van der Waals surface area contributed by atoms with E-state index < -0.39 is 47.6 Å². The zero-order valence-corrected chi connectivity index (χ0v) is 16.1. The van der Waals surface area contributed by atoms with Crippen molar-refractivity contribution in [3.63, 3.8) is 0 Å². The summed E-state index contributed by atoms with van der Waals surface area (Å²) in [5.74, 6) is -2.31. The number of hydrogen-bond donors (Lipinski definition) is 4. The van der Waals surface area contributed by atoms with Crippen molar-refractivity contribution in [3.05, 3.63) is 71.3 Å². The molecule has 0 unspecified atom stereocenters. The first-order valence-electron chi connectivity index (χ1n) is 9.42. The Balaban J connectivity index is 0.00000363. The molecule has 1 fully saturated rings. The molecule has 1 aliphatic heterocycles. The Hall–Kier alpha value is -2.40. The Morgan fingerprint density at radius 2 is 1.59 bits per heavy atom. The Bertz CT molecular complexity index is 955. The third kappa shape index (κ3) is 7.06. The van der Waals surface area contributed by atoms with Crippen molar-refractivity contribution in [2.24, 2.45) is 0 Å². The number of halogens is 3. The molecule has 2 aromatic rings. The summed E-state index contributed by atoms with van der Waals surface area (Å²) >= 11 is 0. The Morgan fingerprint density at radius 3 is 2.12 bits per heavy atom. The molecule has 3 atom stereocenters. The molecule has 11 heteroatoms. The monoisotopic (exact) mass is 459 g/mol. The van der Waals surface area contributed by atoms with Crippen LogP contribution in [-0.4, -0.2) is 70.6 Å². The number of carbonyl (C=O) groups is 3. The zero-order valence-electron chi connectivity index (χ0n) is 16.1. The van der Waals surface area contributed by atoms with E-state index in [1.807, 2.05) is 0 Å². The topological polar surface area (TPSA) is 117 Å². The molecule has 0 aromatic heterocycles. The molecule has 166 valence electrons. The quantitative estimate of drug-likeness (QED) is 0.345. The van der Waals surface area contributed by atoms with E-state index in [4.69, 9.17) is 5.11 Å². The summed E-state index contributed by atoms with van der Waals surface area (Å²) in [5, 5.41) is 16.6. The van der Waals surface area contributed by atoms with E-state index in [0.29, 0.717) is 5.56 Å². The van der Waals surface area contributed by atoms with E-state index in [9.17, 15) is 27.6 Å². The number of benzene rings is 2. The second-order valence-corrected chi connectivity index (χ2v) is 7.12. The molecular formula is C21H21F3N3NaO4. The number of nitrogens with one attached hydrogen (secondary N) is 3. The normalized spacial score (nSPS) is 18.1. The van der Waals surface area contributed by atoms with Gasteiger partial charge in [0.15, 0.2) is 0 Å². The summed E-state index contributed by atoms with van der Waals surface area (Å²) in [7, 11) is 0. The van der Waals surface area contributed by atoms with Crippen LogP contribution in [0.25, 0.3) is 0 Å². The number of carboxylic acids is 1. The van der Waals surface area contributed by atoms with Gasteiger partial charge in [-0.15, -0.1) is 0 Å². The summed E-state index contributed by atoms with van der Waals surface area (Å²) in [5.41, 5.74) is 0.443.